The number of amides is 1. The van der Waals surface area contributed by atoms with E-state index in [1.165, 1.54) is 11.8 Å². The second-order valence-corrected chi connectivity index (χ2v) is 9.94. The van der Waals surface area contributed by atoms with Gasteiger partial charge in [-0.25, -0.2) is 4.52 Å². The molecule has 2 saturated heterocycles. The van der Waals surface area contributed by atoms with Gasteiger partial charge in [0.1, 0.15) is 6.07 Å². The number of carbonyl (C=O) groups excluding carboxylic acids is 1. The number of fused-ring (bicyclic) bond motifs is 1. The minimum atomic E-state index is 0.0380. The first-order chi connectivity index (χ1) is 17.5. The number of carbonyl (C=O) groups is 1. The average Bonchev–Trinajstić information content (AvgIpc) is 3.52. The molecule has 0 aliphatic carbocycles. The van der Waals surface area contributed by atoms with Gasteiger partial charge in [0.25, 0.3) is 0 Å². The third-order valence-corrected chi connectivity index (χ3v) is 7.68. The summed E-state index contributed by atoms with van der Waals surface area (Å²) >= 11 is 0. The summed E-state index contributed by atoms with van der Waals surface area (Å²) in [6.07, 6.45) is 10.9. The van der Waals surface area contributed by atoms with Crippen LogP contribution in [-0.4, -0.2) is 56.4 Å². The Morgan fingerprint density at radius 1 is 1.06 bits per heavy atom. The Kier molecular flexibility index (Phi) is 5.15. The number of pyridine rings is 1. The first-order valence-electron chi connectivity index (χ1n) is 12.2. The van der Waals surface area contributed by atoms with E-state index in [4.69, 9.17) is 0 Å². The third-order valence-electron chi connectivity index (χ3n) is 7.68. The number of benzene rings is 1. The third kappa shape index (κ3) is 3.64. The summed E-state index contributed by atoms with van der Waals surface area (Å²) in [7, 11) is 1.90. The van der Waals surface area contributed by atoms with Crippen LogP contribution >= 0.6 is 0 Å². The molecular weight excluding hydrogens is 450 g/mol. The number of aromatic nitrogens is 4. The van der Waals surface area contributed by atoms with E-state index in [1.807, 2.05) is 30.5 Å². The second kappa shape index (κ2) is 8.38. The van der Waals surface area contributed by atoms with Gasteiger partial charge < -0.3 is 9.80 Å². The van der Waals surface area contributed by atoms with E-state index in [0.29, 0.717) is 11.0 Å². The highest BCUT2D eigenvalue weighted by Gasteiger charge is 2.45. The fourth-order valence-corrected chi connectivity index (χ4v) is 5.60. The van der Waals surface area contributed by atoms with E-state index in [2.05, 4.69) is 58.1 Å². The number of aryl methyl sites for hydroxylation is 1. The van der Waals surface area contributed by atoms with Crippen molar-refractivity contribution in [3.63, 3.8) is 0 Å². The van der Waals surface area contributed by atoms with Crippen LogP contribution in [0, 0.1) is 16.7 Å². The van der Waals surface area contributed by atoms with Crippen molar-refractivity contribution in [2.75, 3.05) is 31.1 Å². The Morgan fingerprint density at radius 3 is 2.44 bits per heavy atom. The normalized spacial score (nSPS) is 16.7. The maximum atomic E-state index is 11.9. The molecule has 5 heterocycles. The molecule has 1 spiro atoms. The van der Waals surface area contributed by atoms with E-state index < -0.39 is 0 Å². The first kappa shape index (κ1) is 22.1. The molecule has 0 atom stereocenters. The van der Waals surface area contributed by atoms with E-state index >= 15 is 0 Å². The van der Waals surface area contributed by atoms with Gasteiger partial charge in [-0.2, -0.15) is 15.5 Å². The highest BCUT2D eigenvalue weighted by atomic mass is 16.2. The van der Waals surface area contributed by atoms with Crippen molar-refractivity contribution in [2.24, 2.45) is 12.5 Å². The molecule has 36 heavy (non-hydrogen) atoms. The predicted molar refractivity (Wildman–Crippen MR) is 138 cm³/mol. The van der Waals surface area contributed by atoms with Crippen LogP contribution in [0.15, 0.2) is 67.8 Å². The van der Waals surface area contributed by atoms with Crippen LogP contribution in [0.4, 0.5) is 5.69 Å². The zero-order valence-corrected chi connectivity index (χ0v) is 20.3. The van der Waals surface area contributed by atoms with Gasteiger partial charge in [0, 0.05) is 73.4 Å². The van der Waals surface area contributed by atoms with Crippen LogP contribution in [-0.2, 0) is 11.8 Å². The van der Waals surface area contributed by atoms with Gasteiger partial charge in [-0.3, -0.25) is 9.48 Å². The van der Waals surface area contributed by atoms with Crippen LogP contribution in [0.3, 0.4) is 0 Å². The summed E-state index contributed by atoms with van der Waals surface area (Å²) in [5, 5.41) is 18.4. The van der Waals surface area contributed by atoms with Gasteiger partial charge in [0.2, 0.25) is 5.91 Å². The van der Waals surface area contributed by atoms with Crippen molar-refractivity contribution in [1.29, 1.82) is 5.26 Å². The van der Waals surface area contributed by atoms with Crippen molar-refractivity contribution in [3.8, 4) is 28.3 Å². The van der Waals surface area contributed by atoms with E-state index in [-0.39, 0.29) is 5.91 Å². The van der Waals surface area contributed by atoms with Crippen LogP contribution < -0.4 is 4.90 Å². The lowest BCUT2D eigenvalue weighted by molar-refractivity contribution is -0.128. The van der Waals surface area contributed by atoms with E-state index in [0.717, 1.165) is 66.8 Å². The Balaban J connectivity index is 1.25. The maximum Gasteiger partial charge on any atom is 0.245 e. The summed E-state index contributed by atoms with van der Waals surface area (Å²) in [6.45, 7) is 7.27. The summed E-state index contributed by atoms with van der Waals surface area (Å²) in [5.74, 6) is 0.0380. The summed E-state index contributed by atoms with van der Waals surface area (Å²) in [5.41, 5.74) is 6.86. The Labute approximate surface area is 209 Å². The Morgan fingerprint density at radius 2 is 1.81 bits per heavy atom. The summed E-state index contributed by atoms with van der Waals surface area (Å²) in [4.78, 5) is 16.2. The molecule has 180 valence electrons. The quantitative estimate of drug-likeness (QED) is 0.417. The molecular formula is C28H27N7O. The Hall–Kier alpha value is -4.38. The molecule has 8 heteroatoms. The number of rotatable bonds is 4. The van der Waals surface area contributed by atoms with Crippen molar-refractivity contribution in [3.05, 3.63) is 73.3 Å². The van der Waals surface area contributed by atoms with Crippen LogP contribution in [0.5, 0.6) is 0 Å². The molecule has 4 aromatic rings. The number of nitriles is 1. The molecule has 3 aromatic heterocycles. The lowest BCUT2D eigenvalue weighted by Crippen LogP contribution is -2.60. The molecule has 0 bridgehead atoms. The summed E-state index contributed by atoms with van der Waals surface area (Å²) in [6, 6.07) is 13.0. The minimum Gasteiger partial charge on any atom is -0.370 e. The highest BCUT2D eigenvalue weighted by molar-refractivity contribution is 5.88. The second-order valence-electron chi connectivity index (χ2n) is 9.94. The molecule has 0 saturated carbocycles. The lowest BCUT2D eigenvalue weighted by Gasteiger charge is -2.55. The van der Waals surface area contributed by atoms with Gasteiger partial charge in [-0.1, -0.05) is 18.7 Å². The molecule has 2 fully saturated rings. The Bertz CT molecular complexity index is 1510. The molecule has 2 aliphatic rings. The molecule has 1 aromatic carbocycles. The number of hydrogen-bond donors (Lipinski definition) is 0. The van der Waals surface area contributed by atoms with Gasteiger partial charge in [0.15, 0.2) is 0 Å². The van der Waals surface area contributed by atoms with Gasteiger partial charge in [-0.15, -0.1) is 0 Å². The van der Waals surface area contributed by atoms with Crippen molar-refractivity contribution in [2.45, 2.75) is 12.8 Å². The molecule has 0 radical (unpaired) electrons. The topological polar surface area (TPSA) is 82.5 Å². The van der Waals surface area contributed by atoms with E-state index in [1.54, 1.807) is 15.4 Å². The van der Waals surface area contributed by atoms with Gasteiger partial charge in [-0.05, 0) is 42.7 Å². The maximum absolute atomic E-state index is 11.9. The van der Waals surface area contributed by atoms with Crippen LogP contribution in [0.1, 0.15) is 18.4 Å². The number of nitrogens with zero attached hydrogens (tertiary/aromatic N) is 7. The zero-order chi connectivity index (χ0) is 24.9. The van der Waals surface area contributed by atoms with Crippen LogP contribution in [0.2, 0.25) is 0 Å². The largest absolute Gasteiger partial charge is 0.370 e. The van der Waals surface area contributed by atoms with Gasteiger partial charge >= 0.3 is 0 Å². The van der Waals surface area contributed by atoms with Crippen molar-refractivity contribution >= 4 is 17.1 Å². The van der Waals surface area contributed by atoms with E-state index in [9.17, 15) is 10.1 Å². The average molecular weight is 478 g/mol. The molecule has 2 aliphatic heterocycles. The number of anilines is 1. The zero-order valence-electron chi connectivity index (χ0n) is 20.3. The minimum absolute atomic E-state index is 0.0380. The fourth-order valence-electron chi connectivity index (χ4n) is 5.60. The highest BCUT2D eigenvalue weighted by Crippen LogP contribution is 2.43. The number of piperidine rings is 1. The molecule has 6 rings (SSSR count). The SMILES string of the molecule is C=CC(=O)N1CCC2(CC1)CN(c1ccc(-c3cc(-c4cnn(C)c4)cn4ncc(C#N)c34)cc1)C2. The number of hydrogen-bond acceptors (Lipinski definition) is 5. The molecule has 8 nitrogen and oxygen atoms in total. The smallest absolute Gasteiger partial charge is 0.245 e. The molecule has 0 unspecified atom stereocenters. The standard InChI is InChI=1S/C28H27N7O/c1-3-26(36)33-10-8-28(9-11-33)18-34(19-28)24-6-4-20(5-7-24)25-12-21(23-15-30-32(2)16-23)17-35-27(25)22(13-29)14-31-35/h3-7,12,14-17H,1,8-11,18-19H2,2H3. The monoisotopic (exact) mass is 477 g/mol. The summed E-state index contributed by atoms with van der Waals surface area (Å²) < 4.78 is 3.56. The number of likely N-dealkylation sites (tertiary alicyclic amines) is 1. The fraction of sp³-hybridized carbons (Fsp3) is 0.286. The van der Waals surface area contributed by atoms with Crippen LogP contribution in [0.25, 0.3) is 27.8 Å². The van der Waals surface area contributed by atoms with Gasteiger partial charge in [0.05, 0.1) is 23.5 Å². The molecule has 1 amide bonds. The van der Waals surface area contributed by atoms with Crippen molar-refractivity contribution in [1.82, 2.24) is 24.3 Å². The first-order valence-corrected chi connectivity index (χ1v) is 12.2. The molecule has 0 N–H and O–H groups in total. The van der Waals surface area contributed by atoms with Crippen molar-refractivity contribution < 1.29 is 4.79 Å². The lowest BCUT2D eigenvalue weighted by atomic mass is 9.71. The predicted octanol–water partition coefficient (Wildman–Crippen LogP) is 3.89.